The van der Waals surface area contributed by atoms with Gasteiger partial charge >= 0.3 is 0 Å². The Kier molecular flexibility index (Phi) is 13.0. The van der Waals surface area contributed by atoms with Crippen LogP contribution in [0.3, 0.4) is 0 Å². The average molecular weight is 241 g/mol. The van der Waals surface area contributed by atoms with Gasteiger partial charge in [-0.3, -0.25) is 9.78 Å². The number of nitrogens with zero attached hydrogens (tertiary/aromatic N) is 2. The molecule has 0 bridgehead atoms. The van der Waals surface area contributed by atoms with Gasteiger partial charge in [0.1, 0.15) is 0 Å². The van der Waals surface area contributed by atoms with Crippen LogP contribution in [0.5, 0.6) is 5.88 Å². The van der Waals surface area contributed by atoms with Gasteiger partial charge in [0, 0.05) is 6.92 Å². The molecule has 0 aliphatic heterocycles. The third-order valence-corrected chi connectivity index (χ3v) is 1.21. The van der Waals surface area contributed by atoms with Gasteiger partial charge in [-0.2, -0.15) is 4.98 Å². The Morgan fingerprint density at radius 1 is 1.29 bits per heavy atom. The van der Waals surface area contributed by atoms with Crippen molar-refractivity contribution in [3.63, 3.8) is 0 Å². The molecule has 1 rings (SSSR count). The van der Waals surface area contributed by atoms with Crippen molar-refractivity contribution in [3.05, 3.63) is 12.4 Å². The molecular weight excluding hydrogens is 218 g/mol. The Morgan fingerprint density at radius 2 is 1.88 bits per heavy atom. The fraction of sp³-hybridized carbons (Fsp3) is 0.583. The van der Waals surface area contributed by atoms with Gasteiger partial charge in [-0.05, 0) is 6.92 Å². The van der Waals surface area contributed by atoms with Crippen molar-refractivity contribution in [3.8, 4) is 5.88 Å². The van der Waals surface area contributed by atoms with Crippen LogP contribution in [0.15, 0.2) is 12.4 Å². The Hall–Kier alpha value is -1.65. The lowest BCUT2D eigenvalue weighted by atomic mass is 10.6. The summed E-state index contributed by atoms with van der Waals surface area (Å²) in [5.41, 5.74) is 0. The van der Waals surface area contributed by atoms with Crippen molar-refractivity contribution >= 4 is 11.7 Å². The topological polar surface area (TPSA) is 64.1 Å². The lowest BCUT2D eigenvalue weighted by Crippen LogP contribution is -2.08. The smallest absolute Gasteiger partial charge is 0.234 e. The molecule has 0 aromatic carbocycles. The summed E-state index contributed by atoms with van der Waals surface area (Å²) in [6.45, 7) is 11.8. The highest BCUT2D eigenvalue weighted by Gasteiger charge is 1.99. The van der Waals surface area contributed by atoms with E-state index < -0.39 is 0 Å². The number of hydrogen-bond acceptors (Lipinski definition) is 4. The van der Waals surface area contributed by atoms with Crippen molar-refractivity contribution in [1.29, 1.82) is 0 Å². The second kappa shape index (κ2) is 12.4. The maximum atomic E-state index is 10.7. The number of ether oxygens (including phenoxy) is 1. The Morgan fingerprint density at radius 3 is 2.35 bits per heavy atom. The largest absolute Gasteiger partial charge is 0.477 e. The van der Waals surface area contributed by atoms with Crippen molar-refractivity contribution in [2.45, 2.75) is 41.5 Å². The minimum atomic E-state index is -0.178. The van der Waals surface area contributed by atoms with E-state index in [1.165, 1.54) is 19.3 Å². The fourth-order valence-corrected chi connectivity index (χ4v) is 0.806. The zero-order valence-corrected chi connectivity index (χ0v) is 11.6. The molecule has 0 saturated carbocycles. The van der Waals surface area contributed by atoms with E-state index in [4.69, 9.17) is 4.74 Å². The van der Waals surface area contributed by atoms with E-state index in [0.29, 0.717) is 18.3 Å². The van der Waals surface area contributed by atoms with Crippen LogP contribution in [-0.4, -0.2) is 22.5 Å². The average Bonchev–Trinajstić information content (AvgIpc) is 2.34. The molecule has 17 heavy (non-hydrogen) atoms. The zero-order valence-electron chi connectivity index (χ0n) is 11.6. The number of rotatable bonds is 3. The number of amides is 1. The van der Waals surface area contributed by atoms with Crippen LogP contribution in [0.1, 0.15) is 41.5 Å². The molecule has 0 aliphatic carbocycles. The molecule has 5 nitrogen and oxygen atoms in total. The van der Waals surface area contributed by atoms with Gasteiger partial charge in [0.25, 0.3) is 0 Å². The highest BCUT2D eigenvalue weighted by molar-refractivity contribution is 5.87. The molecule has 1 amide bonds. The van der Waals surface area contributed by atoms with Gasteiger partial charge in [0.2, 0.25) is 11.8 Å². The van der Waals surface area contributed by atoms with Crippen LogP contribution in [-0.2, 0) is 4.79 Å². The van der Waals surface area contributed by atoms with E-state index in [2.05, 4.69) is 15.3 Å². The standard InChI is InChI=1S/C8H11N3O2.2C2H6/c1-3-13-8-5-9-4-7(11-8)10-6(2)12;2*1-2/h4-5H,3H2,1-2H3,(H,10,11,12);2*1-2H3. The minimum Gasteiger partial charge on any atom is -0.477 e. The molecule has 1 aromatic rings. The minimum absolute atomic E-state index is 0.178. The zero-order chi connectivity index (χ0) is 13.7. The molecule has 1 aromatic heterocycles. The number of carbonyl (C=O) groups is 1. The predicted octanol–water partition coefficient (Wildman–Crippen LogP) is 2.89. The van der Waals surface area contributed by atoms with Gasteiger partial charge < -0.3 is 10.1 Å². The van der Waals surface area contributed by atoms with Crippen LogP contribution in [0.25, 0.3) is 0 Å². The van der Waals surface area contributed by atoms with Crippen LogP contribution >= 0.6 is 0 Å². The number of carbonyl (C=O) groups excluding carboxylic acids is 1. The number of anilines is 1. The van der Waals surface area contributed by atoms with E-state index in [1.807, 2.05) is 34.6 Å². The highest BCUT2D eigenvalue weighted by Crippen LogP contribution is 2.08. The van der Waals surface area contributed by atoms with Crippen LogP contribution in [0.2, 0.25) is 0 Å². The van der Waals surface area contributed by atoms with E-state index >= 15 is 0 Å². The van der Waals surface area contributed by atoms with E-state index in [9.17, 15) is 4.79 Å². The first-order valence-electron chi connectivity index (χ1n) is 5.94. The second-order valence-corrected chi connectivity index (χ2v) is 2.36. The summed E-state index contributed by atoms with van der Waals surface area (Å²) >= 11 is 0. The maximum Gasteiger partial charge on any atom is 0.234 e. The molecule has 1 heterocycles. The Balaban J connectivity index is 0. The molecule has 0 saturated heterocycles. The number of nitrogens with one attached hydrogen (secondary N) is 1. The molecule has 0 atom stereocenters. The van der Waals surface area contributed by atoms with Gasteiger partial charge in [-0.25, -0.2) is 0 Å². The maximum absolute atomic E-state index is 10.7. The van der Waals surface area contributed by atoms with Crippen LogP contribution in [0, 0.1) is 0 Å². The Bertz CT molecular complexity index is 304. The van der Waals surface area contributed by atoms with Gasteiger partial charge in [0.05, 0.1) is 19.0 Å². The molecule has 5 heteroatoms. The van der Waals surface area contributed by atoms with Crippen molar-refractivity contribution < 1.29 is 9.53 Å². The highest BCUT2D eigenvalue weighted by atomic mass is 16.5. The lowest BCUT2D eigenvalue weighted by molar-refractivity contribution is -0.114. The van der Waals surface area contributed by atoms with E-state index in [1.54, 1.807) is 0 Å². The van der Waals surface area contributed by atoms with Crippen molar-refractivity contribution in [1.82, 2.24) is 9.97 Å². The summed E-state index contributed by atoms with van der Waals surface area (Å²) in [7, 11) is 0. The molecule has 1 N–H and O–H groups in total. The van der Waals surface area contributed by atoms with Gasteiger partial charge in [-0.1, -0.05) is 27.7 Å². The fourth-order valence-electron chi connectivity index (χ4n) is 0.806. The third kappa shape index (κ3) is 9.29. The number of hydrogen-bond donors (Lipinski definition) is 1. The van der Waals surface area contributed by atoms with Crippen molar-refractivity contribution in [2.24, 2.45) is 0 Å². The second-order valence-electron chi connectivity index (χ2n) is 2.36. The summed E-state index contributed by atoms with van der Waals surface area (Å²) in [4.78, 5) is 18.5. The molecule has 0 radical (unpaired) electrons. The summed E-state index contributed by atoms with van der Waals surface area (Å²) in [6.07, 6.45) is 2.96. The third-order valence-electron chi connectivity index (χ3n) is 1.21. The molecule has 0 unspecified atom stereocenters. The molecular formula is C12H23N3O2. The first-order chi connectivity index (χ1) is 8.22. The summed E-state index contributed by atoms with van der Waals surface area (Å²) in [5.74, 6) is 0.634. The van der Waals surface area contributed by atoms with E-state index in [-0.39, 0.29) is 5.91 Å². The van der Waals surface area contributed by atoms with Crippen LogP contribution < -0.4 is 10.1 Å². The first kappa shape index (κ1) is 17.7. The summed E-state index contributed by atoms with van der Waals surface area (Å²) < 4.78 is 5.10. The van der Waals surface area contributed by atoms with Gasteiger partial charge in [-0.15, -0.1) is 0 Å². The summed E-state index contributed by atoms with van der Waals surface area (Å²) in [6, 6.07) is 0. The predicted molar refractivity (Wildman–Crippen MR) is 70.2 cm³/mol. The van der Waals surface area contributed by atoms with Crippen molar-refractivity contribution in [2.75, 3.05) is 11.9 Å². The monoisotopic (exact) mass is 241 g/mol. The molecule has 0 spiro atoms. The SMILES string of the molecule is CC.CC.CCOc1cncc(NC(C)=O)n1. The van der Waals surface area contributed by atoms with Gasteiger partial charge in [0.15, 0.2) is 5.82 Å². The summed E-state index contributed by atoms with van der Waals surface area (Å²) in [5, 5.41) is 2.51. The number of aromatic nitrogens is 2. The molecule has 98 valence electrons. The Labute approximate surface area is 104 Å². The molecule has 0 aliphatic rings. The molecule has 0 fully saturated rings. The van der Waals surface area contributed by atoms with Crippen LogP contribution in [0.4, 0.5) is 5.82 Å². The quantitative estimate of drug-likeness (QED) is 0.883. The first-order valence-corrected chi connectivity index (χ1v) is 5.94. The lowest BCUT2D eigenvalue weighted by Gasteiger charge is -2.03. The van der Waals surface area contributed by atoms with E-state index in [0.717, 1.165) is 0 Å². The normalized spacial score (nSPS) is 7.88.